The van der Waals surface area contributed by atoms with Crippen LogP contribution in [0.1, 0.15) is 32.1 Å². The third kappa shape index (κ3) is 3.07. The molecule has 0 saturated heterocycles. The molecule has 19 heavy (non-hydrogen) atoms. The highest BCUT2D eigenvalue weighted by molar-refractivity contribution is 14.1. The molecule has 2 aliphatic rings. The molecule has 102 valence electrons. The zero-order valence-corrected chi connectivity index (χ0v) is 13.6. The molecule has 2 nitrogen and oxygen atoms in total. The van der Waals surface area contributed by atoms with Gasteiger partial charge >= 0.3 is 0 Å². The van der Waals surface area contributed by atoms with Crippen molar-refractivity contribution in [3.8, 4) is 0 Å². The van der Waals surface area contributed by atoms with Crippen LogP contribution in [0.5, 0.6) is 0 Å². The Hall–Kier alpha value is -0.290. The number of hydrogen-bond acceptors (Lipinski definition) is 1. The second-order valence-electron chi connectivity index (χ2n) is 5.81. The summed E-state index contributed by atoms with van der Waals surface area (Å²) in [6.45, 7) is 0. The van der Waals surface area contributed by atoms with Gasteiger partial charge in [0.25, 0.3) is 0 Å². The number of hydrogen-bond donors (Lipinski definition) is 1. The van der Waals surface area contributed by atoms with Gasteiger partial charge in [0, 0.05) is 15.0 Å². The highest BCUT2D eigenvalue weighted by Crippen LogP contribution is 2.49. The van der Waals surface area contributed by atoms with Gasteiger partial charge in [-0.05, 0) is 77.8 Å². The normalized spacial score (nSPS) is 28.6. The first-order valence-corrected chi connectivity index (χ1v) is 8.32. The van der Waals surface area contributed by atoms with Gasteiger partial charge in [0.1, 0.15) is 0 Å². The van der Waals surface area contributed by atoms with Gasteiger partial charge in [-0.2, -0.15) is 0 Å². The Labute approximate surface area is 132 Å². The first-order valence-electron chi connectivity index (χ1n) is 6.86. The van der Waals surface area contributed by atoms with Crippen LogP contribution in [0.4, 0.5) is 5.69 Å². The van der Waals surface area contributed by atoms with Crippen LogP contribution in [0.25, 0.3) is 0 Å². The van der Waals surface area contributed by atoms with E-state index in [1.54, 1.807) is 0 Å². The van der Waals surface area contributed by atoms with Crippen molar-refractivity contribution < 1.29 is 4.79 Å². The standard InChI is InChI=1S/C15H17ClINO/c16-12-3-4-14(13(17)8-12)18-15(19)7-11-6-9-1-2-10(11)5-9/h3-4,8-11H,1-2,5-7H2,(H,18,19). The summed E-state index contributed by atoms with van der Waals surface area (Å²) in [5.74, 6) is 2.47. The Morgan fingerprint density at radius 1 is 1.37 bits per heavy atom. The fourth-order valence-electron chi connectivity index (χ4n) is 3.66. The number of carbonyl (C=O) groups is 1. The monoisotopic (exact) mass is 389 g/mol. The van der Waals surface area contributed by atoms with Crippen LogP contribution in [-0.2, 0) is 4.79 Å². The zero-order valence-electron chi connectivity index (χ0n) is 10.7. The molecule has 3 unspecified atom stereocenters. The van der Waals surface area contributed by atoms with E-state index in [4.69, 9.17) is 11.6 Å². The number of amides is 1. The lowest BCUT2D eigenvalue weighted by molar-refractivity contribution is -0.117. The summed E-state index contributed by atoms with van der Waals surface area (Å²) in [6.07, 6.45) is 6.02. The Kier molecular flexibility index (Phi) is 4.03. The van der Waals surface area contributed by atoms with Crippen molar-refractivity contribution in [1.82, 2.24) is 0 Å². The van der Waals surface area contributed by atoms with Crippen LogP contribution in [0.3, 0.4) is 0 Å². The smallest absolute Gasteiger partial charge is 0.224 e. The summed E-state index contributed by atoms with van der Waals surface area (Å²) < 4.78 is 0.992. The van der Waals surface area contributed by atoms with E-state index < -0.39 is 0 Å². The van der Waals surface area contributed by atoms with Gasteiger partial charge in [-0.25, -0.2) is 0 Å². The largest absolute Gasteiger partial charge is 0.325 e. The maximum absolute atomic E-state index is 12.1. The Morgan fingerprint density at radius 2 is 2.21 bits per heavy atom. The number of halogens is 2. The van der Waals surface area contributed by atoms with Crippen LogP contribution in [-0.4, -0.2) is 5.91 Å². The molecule has 0 spiro atoms. The van der Waals surface area contributed by atoms with Gasteiger partial charge in [0.15, 0.2) is 0 Å². The van der Waals surface area contributed by atoms with Crippen LogP contribution in [0, 0.1) is 21.3 Å². The molecular formula is C15H17ClINO. The summed E-state index contributed by atoms with van der Waals surface area (Å²) in [5, 5.41) is 3.72. The van der Waals surface area contributed by atoms with Gasteiger partial charge < -0.3 is 5.32 Å². The van der Waals surface area contributed by atoms with Crippen molar-refractivity contribution >= 4 is 45.8 Å². The Bertz CT molecular complexity index is 505. The first kappa shape index (κ1) is 13.7. The molecule has 2 aliphatic carbocycles. The SMILES string of the molecule is O=C(CC1CC2CCC1C2)Nc1ccc(Cl)cc1I. The van der Waals surface area contributed by atoms with E-state index in [0.717, 1.165) is 21.1 Å². The quantitative estimate of drug-likeness (QED) is 0.745. The van der Waals surface area contributed by atoms with Gasteiger partial charge in [-0.3, -0.25) is 4.79 Å². The van der Waals surface area contributed by atoms with Crippen LogP contribution in [0.15, 0.2) is 18.2 Å². The molecule has 0 radical (unpaired) electrons. The molecule has 1 aromatic carbocycles. The highest BCUT2D eigenvalue weighted by Gasteiger charge is 2.40. The zero-order chi connectivity index (χ0) is 13.4. The maximum atomic E-state index is 12.1. The summed E-state index contributed by atoms with van der Waals surface area (Å²) in [7, 11) is 0. The molecule has 3 rings (SSSR count). The number of nitrogens with one attached hydrogen (secondary N) is 1. The van der Waals surface area contributed by atoms with E-state index in [9.17, 15) is 4.79 Å². The first-order chi connectivity index (χ1) is 9.11. The summed E-state index contributed by atoms with van der Waals surface area (Å²) >= 11 is 8.12. The molecule has 3 atom stereocenters. The van der Waals surface area contributed by atoms with Crippen molar-refractivity contribution in [2.75, 3.05) is 5.32 Å². The van der Waals surface area contributed by atoms with Crippen LogP contribution < -0.4 is 5.32 Å². The van der Waals surface area contributed by atoms with Crippen molar-refractivity contribution in [3.05, 3.63) is 26.8 Å². The predicted octanol–water partition coefficient (Wildman–Crippen LogP) is 4.71. The van der Waals surface area contributed by atoms with Gasteiger partial charge in [-0.15, -0.1) is 0 Å². The second-order valence-corrected chi connectivity index (χ2v) is 7.41. The predicted molar refractivity (Wildman–Crippen MR) is 86.4 cm³/mol. The summed E-state index contributed by atoms with van der Waals surface area (Å²) in [5.41, 5.74) is 0.873. The molecule has 2 saturated carbocycles. The maximum Gasteiger partial charge on any atom is 0.224 e. The van der Waals surface area contributed by atoms with Crippen molar-refractivity contribution in [2.45, 2.75) is 32.1 Å². The van der Waals surface area contributed by atoms with E-state index in [1.807, 2.05) is 18.2 Å². The third-order valence-electron chi connectivity index (χ3n) is 4.54. The Morgan fingerprint density at radius 3 is 2.84 bits per heavy atom. The van der Waals surface area contributed by atoms with Gasteiger partial charge in [0.2, 0.25) is 5.91 Å². The van der Waals surface area contributed by atoms with Crippen LogP contribution >= 0.6 is 34.2 Å². The van der Waals surface area contributed by atoms with E-state index >= 15 is 0 Å². The fourth-order valence-corrected chi connectivity index (χ4v) is 4.66. The van der Waals surface area contributed by atoms with E-state index in [-0.39, 0.29) is 5.91 Å². The van der Waals surface area contributed by atoms with Crippen molar-refractivity contribution in [3.63, 3.8) is 0 Å². The summed E-state index contributed by atoms with van der Waals surface area (Å²) in [4.78, 5) is 12.1. The molecule has 0 aliphatic heterocycles. The van der Waals surface area contributed by atoms with E-state index in [1.165, 1.54) is 25.7 Å². The molecule has 4 heteroatoms. The lowest BCUT2D eigenvalue weighted by atomic mass is 9.86. The molecular weight excluding hydrogens is 373 g/mol. The minimum atomic E-state index is 0.151. The molecule has 2 fully saturated rings. The molecule has 1 amide bonds. The molecule has 1 N–H and O–H groups in total. The van der Waals surface area contributed by atoms with Crippen LogP contribution in [0.2, 0.25) is 5.02 Å². The highest BCUT2D eigenvalue weighted by atomic mass is 127. The molecule has 0 heterocycles. The van der Waals surface area contributed by atoms with Gasteiger partial charge in [0.05, 0.1) is 5.69 Å². The lowest BCUT2D eigenvalue weighted by Crippen LogP contribution is -2.20. The summed E-state index contributed by atoms with van der Waals surface area (Å²) in [6, 6.07) is 5.56. The minimum Gasteiger partial charge on any atom is -0.325 e. The number of anilines is 1. The minimum absolute atomic E-state index is 0.151. The number of carbonyl (C=O) groups excluding carboxylic acids is 1. The average Bonchev–Trinajstić information content (AvgIpc) is 2.95. The number of benzene rings is 1. The van der Waals surface area contributed by atoms with Crippen molar-refractivity contribution in [1.29, 1.82) is 0 Å². The van der Waals surface area contributed by atoms with Crippen molar-refractivity contribution in [2.24, 2.45) is 17.8 Å². The molecule has 2 bridgehead atoms. The number of fused-ring (bicyclic) bond motifs is 2. The topological polar surface area (TPSA) is 29.1 Å². The Balaban J connectivity index is 1.59. The molecule has 0 aromatic heterocycles. The third-order valence-corrected chi connectivity index (χ3v) is 5.66. The lowest BCUT2D eigenvalue weighted by Gasteiger charge is -2.21. The second kappa shape index (κ2) is 5.60. The van der Waals surface area contributed by atoms with Gasteiger partial charge in [-0.1, -0.05) is 18.0 Å². The fraction of sp³-hybridized carbons (Fsp3) is 0.533. The van der Waals surface area contributed by atoms with E-state index in [2.05, 4.69) is 27.9 Å². The van der Waals surface area contributed by atoms with E-state index in [0.29, 0.717) is 17.4 Å². The number of rotatable bonds is 3. The molecule has 1 aromatic rings. The average molecular weight is 390 g/mol.